The van der Waals surface area contributed by atoms with E-state index in [1.54, 1.807) is 13.3 Å². The lowest BCUT2D eigenvalue weighted by Gasteiger charge is -2.10. The number of thiophene rings is 1. The predicted octanol–water partition coefficient (Wildman–Crippen LogP) is 4.10. The van der Waals surface area contributed by atoms with E-state index in [2.05, 4.69) is 15.6 Å². The van der Waals surface area contributed by atoms with E-state index < -0.39 is 5.97 Å². The largest absolute Gasteiger partial charge is 0.481 e. The SMILES string of the molecule is COc1ncccc1NCCCNCCc1csc(CC(=O)O)c1.c1ccccc1. The van der Waals surface area contributed by atoms with Crippen molar-refractivity contribution >= 4 is 23.0 Å². The Hall–Kier alpha value is -2.90. The molecular weight excluding hydrogens is 398 g/mol. The molecule has 7 heteroatoms. The van der Waals surface area contributed by atoms with Gasteiger partial charge in [0.1, 0.15) is 0 Å². The molecule has 2 heterocycles. The van der Waals surface area contributed by atoms with Gasteiger partial charge in [-0.15, -0.1) is 11.3 Å². The number of anilines is 1. The van der Waals surface area contributed by atoms with E-state index in [0.29, 0.717) is 5.88 Å². The van der Waals surface area contributed by atoms with Crippen molar-refractivity contribution < 1.29 is 14.6 Å². The Balaban J connectivity index is 0.000000456. The van der Waals surface area contributed by atoms with Crippen molar-refractivity contribution in [3.8, 4) is 5.88 Å². The maximum atomic E-state index is 10.7. The van der Waals surface area contributed by atoms with E-state index in [9.17, 15) is 4.79 Å². The normalized spacial score (nSPS) is 10.0. The first kappa shape index (κ1) is 23.4. The summed E-state index contributed by atoms with van der Waals surface area (Å²) >= 11 is 1.51. The zero-order valence-electron chi connectivity index (χ0n) is 17.2. The lowest BCUT2D eigenvalue weighted by atomic mass is 10.2. The van der Waals surface area contributed by atoms with Crippen LogP contribution in [0.4, 0.5) is 5.69 Å². The van der Waals surface area contributed by atoms with Crippen LogP contribution in [-0.4, -0.2) is 42.8 Å². The van der Waals surface area contributed by atoms with E-state index in [4.69, 9.17) is 9.84 Å². The Labute approximate surface area is 181 Å². The van der Waals surface area contributed by atoms with E-state index in [-0.39, 0.29) is 6.42 Å². The molecule has 0 unspecified atom stereocenters. The van der Waals surface area contributed by atoms with Crippen LogP contribution in [0, 0.1) is 0 Å². The van der Waals surface area contributed by atoms with Gasteiger partial charge >= 0.3 is 5.97 Å². The van der Waals surface area contributed by atoms with Gasteiger partial charge in [0.25, 0.3) is 0 Å². The third-order valence-corrected chi connectivity index (χ3v) is 5.09. The molecule has 3 rings (SSSR count). The number of rotatable bonds is 11. The number of ether oxygens (including phenoxy) is 1. The molecule has 1 aromatic carbocycles. The number of pyridine rings is 1. The molecule has 0 aliphatic heterocycles. The third-order valence-electron chi connectivity index (χ3n) is 4.10. The number of aromatic nitrogens is 1. The van der Waals surface area contributed by atoms with Crippen LogP contribution in [0.3, 0.4) is 0 Å². The summed E-state index contributed by atoms with van der Waals surface area (Å²) in [6.07, 6.45) is 3.73. The molecule has 0 saturated heterocycles. The standard InChI is InChI=1S/C17H23N3O3S.C6H6/c1-23-17-15(4-2-7-20-17)19-8-3-6-18-9-5-13-10-14(24-12-13)11-16(21)22;1-2-4-6-5-3-1/h2,4,7,10,12,18-19H,3,5-6,8-9,11H2,1H3,(H,21,22);1-6H. The summed E-state index contributed by atoms with van der Waals surface area (Å²) in [4.78, 5) is 15.7. The average Bonchev–Trinajstić information content (AvgIpc) is 3.21. The number of carbonyl (C=O) groups is 1. The van der Waals surface area contributed by atoms with Gasteiger partial charge in [0, 0.05) is 17.6 Å². The molecule has 0 amide bonds. The molecule has 0 aliphatic rings. The Morgan fingerprint density at radius 1 is 1.10 bits per heavy atom. The molecule has 160 valence electrons. The third kappa shape index (κ3) is 9.54. The summed E-state index contributed by atoms with van der Waals surface area (Å²) in [5.74, 6) is -0.167. The molecule has 3 aromatic rings. The number of carboxylic acid groups (broad SMARTS) is 1. The molecule has 3 N–H and O–H groups in total. The van der Waals surface area contributed by atoms with Crippen molar-refractivity contribution in [1.82, 2.24) is 10.3 Å². The fraction of sp³-hybridized carbons (Fsp3) is 0.304. The first-order valence-electron chi connectivity index (χ1n) is 9.90. The first-order chi connectivity index (χ1) is 14.7. The topological polar surface area (TPSA) is 83.5 Å². The Bertz CT molecular complexity index is 829. The Morgan fingerprint density at radius 2 is 1.83 bits per heavy atom. The second kappa shape index (κ2) is 14.1. The number of benzene rings is 1. The van der Waals surface area contributed by atoms with Crippen LogP contribution in [0.5, 0.6) is 5.88 Å². The van der Waals surface area contributed by atoms with Gasteiger partial charge in [0.05, 0.1) is 19.2 Å². The number of hydrogen-bond acceptors (Lipinski definition) is 6. The molecule has 0 spiro atoms. The highest BCUT2D eigenvalue weighted by molar-refractivity contribution is 7.10. The number of carboxylic acids is 1. The molecule has 2 aromatic heterocycles. The van der Waals surface area contributed by atoms with Crippen molar-refractivity contribution in [3.63, 3.8) is 0 Å². The minimum absolute atomic E-state index is 0.113. The van der Waals surface area contributed by atoms with Crippen LogP contribution < -0.4 is 15.4 Å². The van der Waals surface area contributed by atoms with Crippen molar-refractivity contribution in [3.05, 3.63) is 76.6 Å². The zero-order valence-corrected chi connectivity index (χ0v) is 18.0. The molecule has 0 saturated carbocycles. The number of hydrogen-bond donors (Lipinski definition) is 3. The first-order valence-corrected chi connectivity index (χ1v) is 10.8. The van der Waals surface area contributed by atoms with Crippen LogP contribution in [0.15, 0.2) is 66.2 Å². The predicted molar refractivity (Wildman–Crippen MR) is 123 cm³/mol. The van der Waals surface area contributed by atoms with Crippen LogP contribution in [-0.2, 0) is 17.6 Å². The smallest absolute Gasteiger partial charge is 0.308 e. The van der Waals surface area contributed by atoms with E-state index >= 15 is 0 Å². The van der Waals surface area contributed by atoms with Gasteiger partial charge in [0.15, 0.2) is 0 Å². The van der Waals surface area contributed by atoms with E-state index in [1.165, 1.54) is 16.9 Å². The van der Waals surface area contributed by atoms with Crippen molar-refractivity contribution in [2.75, 3.05) is 32.1 Å². The van der Waals surface area contributed by atoms with Crippen molar-refractivity contribution in [1.29, 1.82) is 0 Å². The lowest BCUT2D eigenvalue weighted by Crippen LogP contribution is -2.20. The molecular formula is C23H29N3O3S. The van der Waals surface area contributed by atoms with Crippen LogP contribution >= 0.6 is 11.3 Å². The molecule has 0 atom stereocenters. The fourth-order valence-corrected chi connectivity index (χ4v) is 3.58. The molecule has 0 radical (unpaired) electrons. The highest BCUT2D eigenvalue weighted by Gasteiger charge is 2.04. The second-order valence-corrected chi connectivity index (χ2v) is 7.48. The number of nitrogens with one attached hydrogen (secondary N) is 2. The van der Waals surface area contributed by atoms with Gasteiger partial charge in [-0.1, -0.05) is 36.4 Å². The molecule has 0 bridgehead atoms. The number of methoxy groups -OCH3 is 1. The Morgan fingerprint density at radius 3 is 2.50 bits per heavy atom. The summed E-state index contributed by atoms with van der Waals surface area (Å²) in [5, 5.41) is 17.5. The van der Waals surface area contributed by atoms with Crippen molar-refractivity contribution in [2.45, 2.75) is 19.3 Å². The maximum Gasteiger partial charge on any atom is 0.308 e. The van der Waals surface area contributed by atoms with Gasteiger partial charge in [-0.05, 0) is 55.1 Å². The zero-order chi connectivity index (χ0) is 21.4. The van der Waals surface area contributed by atoms with Crippen molar-refractivity contribution in [2.24, 2.45) is 0 Å². The quantitative estimate of drug-likeness (QED) is 0.400. The second-order valence-electron chi connectivity index (χ2n) is 6.49. The van der Waals surface area contributed by atoms with E-state index in [1.807, 2.05) is 60.0 Å². The summed E-state index contributed by atoms with van der Waals surface area (Å²) in [6, 6.07) is 17.8. The summed E-state index contributed by atoms with van der Waals surface area (Å²) in [7, 11) is 1.61. The molecule has 0 aliphatic carbocycles. The minimum atomic E-state index is -0.778. The lowest BCUT2D eigenvalue weighted by molar-refractivity contribution is -0.136. The van der Waals surface area contributed by atoms with Gasteiger partial charge in [-0.25, -0.2) is 4.98 Å². The molecule has 0 fully saturated rings. The summed E-state index contributed by atoms with van der Waals surface area (Å²) in [6.45, 7) is 2.65. The van der Waals surface area contributed by atoms with Crippen LogP contribution in [0.25, 0.3) is 0 Å². The van der Waals surface area contributed by atoms with Gasteiger partial charge in [-0.2, -0.15) is 0 Å². The highest BCUT2D eigenvalue weighted by Crippen LogP contribution is 2.19. The van der Waals surface area contributed by atoms with Crippen LogP contribution in [0.2, 0.25) is 0 Å². The highest BCUT2D eigenvalue weighted by atomic mass is 32.1. The number of nitrogens with zero attached hydrogens (tertiary/aromatic N) is 1. The molecule has 30 heavy (non-hydrogen) atoms. The van der Waals surface area contributed by atoms with Gasteiger partial charge < -0.3 is 20.5 Å². The number of aliphatic carboxylic acids is 1. The van der Waals surface area contributed by atoms with E-state index in [0.717, 1.165) is 43.0 Å². The Kier molecular flexibility index (Phi) is 11.0. The van der Waals surface area contributed by atoms with Gasteiger partial charge in [0.2, 0.25) is 5.88 Å². The molecule has 6 nitrogen and oxygen atoms in total. The fourth-order valence-electron chi connectivity index (χ4n) is 2.67. The minimum Gasteiger partial charge on any atom is -0.481 e. The van der Waals surface area contributed by atoms with Crippen LogP contribution in [0.1, 0.15) is 16.9 Å². The van der Waals surface area contributed by atoms with Gasteiger partial charge in [-0.3, -0.25) is 4.79 Å². The maximum absolute atomic E-state index is 10.7. The summed E-state index contributed by atoms with van der Waals surface area (Å²) < 4.78 is 5.19. The summed E-state index contributed by atoms with van der Waals surface area (Å²) in [5.41, 5.74) is 2.10. The average molecular weight is 428 g/mol. The monoisotopic (exact) mass is 427 g/mol.